The third-order valence-electron chi connectivity index (χ3n) is 12.5. The molecule has 0 saturated heterocycles. The van der Waals surface area contributed by atoms with Crippen molar-refractivity contribution in [3.8, 4) is 0 Å². The van der Waals surface area contributed by atoms with Gasteiger partial charge in [0.2, 0.25) is 0 Å². The molecule has 0 aromatic carbocycles. The Morgan fingerprint density at radius 2 is 0.370 bits per heavy atom. The Morgan fingerprint density at radius 3 is 0.478 bits per heavy atom. The van der Waals surface area contributed by atoms with E-state index in [-0.39, 0.29) is 51.3 Å². The Labute approximate surface area is 293 Å². The van der Waals surface area contributed by atoms with Crippen LogP contribution in [0.3, 0.4) is 0 Å². The summed E-state index contributed by atoms with van der Waals surface area (Å²) < 4.78 is 37.1. The van der Waals surface area contributed by atoms with E-state index in [9.17, 15) is 28.4 Å². The molecule has 46 heavy (non-hydrogen) atoms. The van der Waals surface area contributed by atoms with Crippen molar-refractivity contribution in [2.24, 2.45) is 0 Å². The first kappa shape index (κ1) is 41.5. The van der Waals surface area contributed by atoms with E-state index in [0.29, 0.717) is 0 Å². The number of rotatable bonds is 6. The Hall–Kier alpha value is 1.10. The fourth-order valence-corrected chi connectivity index (χ4v) is 17.8. The van der Waals surface area contributed by atoms with Crippen LogP contribution in [0.4, 0.5) is 0 Å². The van der Waals surface area contributed by atoms with Crippen LogP contribution in [-0.4, -0.2) is 51.3 Å². The van der Waals surface area contributed by atoms with Gasteiger partial charge in [-0.25, -0.2) is 0 Å². The largest absolute Gasteiger partial charge is 3.00 e. The van der Waals surface area contributed by atoms with Crippen LogP contribution in [0.2, 0.25) is 0 Å². The maximum Gasteiger partial charge on any atom is 3.00 e. The molecule has 0 atom stereocenters. The molecule has 0 heterocycles. The minimum atomic E-state index is -3.09. The van der Waals surface area contributed by atoms with Crippen molar-refractivity contribution in [3.63, 3.8) is 0 Å². The first-order valence-electron chi connectivity index (χ1n) is 19.5. The van der Waals surface area contributed by atoms with E-state index in [4.69, 9.17) is 0 Å². The molecule has 0 aromatic rings. The summed E-state index contributed by atoms with van der Waals surface area (Å²) in [5, 5.41) is 0. The van der Waals surface area contributed by atoms with Crippen molar-refractivity contribution in [3.05, 3.63) is 0 Å². The Bertz CT molecular complexity index is 785. The smallest absolute Gasteiger partial charge is 0.799 e. The van der Waals surface area contributed by atoms with Gasteiger partial charge in [0, 0.05) is 56.1 Å². The van der Waals surface area contributed by atoms with Gasteiger partial charge in [-0.3, -0.25) is 0 Å². The molecule has 0 radical (unpaired) electrons. The standard InChI is InChI=1S/3C12H23O2P.Al/c3*13-15(14,11-7-3-1-4-8-11)12-9-5-2-6-10-12;/h3*11-12H,1-10H2,(H,13,14);/q;;;+3/p-3. The summed E-state index contributed by atoms with van der Waals surface area (Å²) in [4.78, 5) is 37.1. The van der Waals surface area contributed by atoms with Gasteiger partial charge in [-0.1, -0.05) is 116 Å². The topological polar surface area (TPSA) is 120 Å². The predicted molar refractivity (Wildman–Crippen MR) is 190 cm³/mol. The zero-order chi connectivity index (χ0) is 32.2. The van der Waals surface area contributed by atoms with Gasteiger partial charge in [0.1, 0.15) is 0 Å². The average molecular weight is 715 g/mol. The molecule has 6 aliphatic carbocycles. The average Bonchev–Trinajstić information content (AvgIpc) is 3.11. The monoisotopic (exact) mass is 714 g/mol. The van der Waals surface area contributed by atoms with E-state index in [1.165, 1.54) is 38.5 Å². The Morgan fingerprint density at radius 1 is 0.261 bits per heavy atom. The summed E-state index contributed by atoms with van der Waals surface area (Å²) in [7, 11) is -9.28. The molecular weight excluding hydrogens is 648 g/mol. The van der Waals surface area contributed by atoms with Gasteiger partial charge in [0.25, 0.3) is 0 Å². The van der Waals surface area contributed by atoms with Gasteiger partial charge >= 0.3 is 17.4 Å². The first-order chi connectivity index (χ1) is 21.6. The van der Waals surface area contributed by atoms with E-state index in [2.05, 4.69) is 0 Å². The molecule has 0 spiro atoms. The fourth-order valence-electron chi connectivity index (χ4n) is 9.54. The molecule has 0 unspecified atom stereocenters. The molecular formula is C36H66AlO6P3. The third-order valence-corrected chi connectivity index (χ3v) is 21.7. The van der Waals surface area contributed by atoms with Gasteiger partial charge in [0.05, 0.1) is 0 Å². The maximum absolute atomic E-state index is 12.4. The molecule has 0 aromatic heterocycles. The molecule has 6 fully saturated rings. The van der Waals surface area contributed by atoms with E-state index in [1.54, 1.807) is 0 Å². The molecule has 6 rings (SSSR count). The maximum atomic E-state index is 12.4. The van der Waals surface area contributed by atoms with Crippen LogP contribution in [0.5, 0.6) is 0 Å². The van der Waals surface area contributed by atoms with Crippen LogP contribution in [0.1, 0.15) is 193 Å². The zero-order valence-electron chi connectivity index (χ0n) is 29.0. The van der Waals surface area contributed by atoms with Gasteiger partial charge in [0.15, 0.2) is 0 Å². The van der Waals surface area contributed by atoms with E-state index in [1.807, 2.05) is 0 Å². The van der Waals surface area contributed by atoms with Gasteiger partial charge in [-0.15, -0.1) is 0 Å². The van der Waals surface area contributed by atoms with E-state index >= 15 is 0 Å². The van der Waals surface area contributed by atoms with Gasteiger partial charge in [-0.2, -0.15) is 0 Å². The summed E-state index contributed by atoms with van der Waals surface area (Å²) >= 11 is 0. The predicted octanol–water partition coefficient (Wildman–Crippen LogP) is 9.49. The molecule has 6 saturated carbocycles. The van der Waals surface area contributed by atoms with Crippen molar-refractivity contribution >= 4 is 39.5 Å². The van der Waals surface area contributed by atoms with Crippen LogP contribution >= 0.6 is 22.1 Å². The SMILES string of the molecule is O=P([O-])(C1CCCCC1)C1CCCCC1.O=P([O-])(C1CCCCC1)C1CCCCC1.O=P([O-])(C1CCCCC1)C1CCCCC1.[Al+3]. The van der Waals surface area contributed by atoms with Crippen LogP contribution < -0.4 is 14.7 Å². The molecule has 6 aliphatic rings. The van der Waals surface area contributed by atoms with Crippen molar-refractivity contribution in [1.29, 1.82) is 0 Å². The van der Waals surface area contributed by atoms with Crippen molar-refractivity contribution < 1.29 is 28.4 Å². The van der Waals surface area contributed by atoms with Gasteiger partial charge in [-0.05, 0) is 77.0 Å². The zero-order valence-corrected chi connectivity index (χ0v) is 32.9. The molecule has 264 valence electrons. The van der Waals surface area contributed by atoms with Crippen LogP contribution in [0, 0.1) is 0 Å². The van der Waals surface area contributed by atoms with Crippen molar-refractivity contribution in [2.75, 3.05) is 0 Å². The molecule has 0 bridgehead atoms. The molecule has 0 N–H and O–H groups in total. The van der Waals surface area contributed by atoms with Crippen molar-refractivity contribution in [1.82, 2.24) is 0 Å². The normalized spacial score (nSPS) is 26.2. The summed E-state index contributed by atoms with van der Waals surface area (Å²) in [6.07, 6.45) is 32.3. The van der Waals surface area contributed by atoms with E-state index in [0.717, 1.165) is 154 Å². The summed E-state index contributed by atoms with van der Waals surface area (Å²) in [6, 6.07) is 0. The van der Waals surface area contributed by atoms with Crippen molar-refractivity contribution in [2.45, 2.75) is 227 Å². The summed E-state index contributed by atoms with van der Waals surface area (Å²) in [6.45, 7) is 0. The molecule has 0 amide bonds. The quantitative estimate of drug-likeness (QED) is 0.200. The Kier molecular flexibility index (Phi) is 18.8. The summed E-state index contributed by atoms with van der Waals surface area (Å²) in [5.74, 6) is 0. The molecule has 6 nitrogen and oxygen atoms in total. The van der Waals surface area contributed by atoms with Crippen LogP contribution in [0.15, 0.2) is 0 Å². The van der Waals surface area contributed by atoms with Gasteiger partial charge < -0.3 is 28.4 Å². The van der Waals surface area contributed by atoms with Crippen LogP contribution in [0.25, 0.3) is 0 Å². The van der Waals surface area contributed by atoms with Crippen LogP contribution in [-0.2, 0) is 13.7 Å². The van der Waals surface area contributed by atoms with E-state index < -0.39 is 22.1 Å². The second kappa shape index (κ2) is 20.8. The number of hydrogen-bond acceptors (Lipinski definition) is 6. The first-order valence-corrected chi connectivity index (χ1v) is 24.8. The second-order valence-corrected chi connectivity index (χ2v) is 23.9. The number of hydrogen-bond donors (Lipinski definition) is 0. The minimum Gasteiger partial charge on any atom is -0.799 e. The summed E-state index contributed by atoms with van der Waals surface area (Å²) in [5.41, 5.74) is 0.219. The fraction of sp³-hybridized carbons (Fsp3) is 1.00. The molecule has 10 heteroatoms. The Balaban J connectivity index is 0.000000186. The minimum absolute atomic E-state index is 0. The molecule has 0 aliphatic heterocycles. The second-order valence-electron chi connectivity index (χ2n) is 15.7. The third kappa shape index (κ3) is 12.1.